The lowest BCUT2D eigenvalue weighted by Crippen LogP contribution is -2.66. The molecular weight excluding hydrogens is 719 g/mol. The van der Waals surface area contributed by atoms with Crippen molar-refractivity contribution in [3.05, 3.63) is 84.4 Å². The van der Waals surface area contributed by atoms with Gasteiger partial charge in [-0.05, 0) is 11.1 Å². The van der Waals surface area contributed by atoms with Crippen molar-refractivity contribution in [1.29, 1.82) is 0 Å². The van der Waals surface area contributed by atoms with E-state index < -0.39 is 63.7 Å². The van der Waals surface area contributed by atoms with E-state index in [9.17, 15) is 9.59 Å². The van der Waals surface area contributed by atoms with Crippen LogP contribution < -0.4 is 5.32 Å². The number of hydrogen-bond donors (Lipinski definition) is 1. The van der Waals surface area contributed by atoms with E-state index in [0.717, 1.165) is 11.1 Å². The Balaban J connectivity index is 1.93. The third kappa shape index (κ3) is 14.3. The average molecular weight is 750 g/mol. The van der Waals surface area contributed by atoms with Gasteiger partial charge in [-0.3, -0.25) is 0 Å². The van der Waals surface area contributed by atoms with Crippen LogP contribution in [0.15, 0.2) is 73.3 Å². The standard InChI is InChI=1S/C29H31Cl6NO9/c1-2-13-40-25-22(36-26(37)42-17-28(30,31)32)24(45-27(38)43-18-29(33,34)35)23(41-15-20-11-7-4-8-12-20)21(44-25)16-39-14-19-9-5-3-6-10-19/h2-12,21-25H,1,13-18H2,(H,36,37)/t21-,22-,23-,24-,25+/m1/s1. The predicted molar refractivity (Wildman–Crippen MR) is 171 cm³/mol. The molecule has 0 aromatic heterocycles. The molecule has 2 aromatic carbocycles. The second-order valence-electron chi connectivity index (χ2n) is 9.52. The number of carbonyl (C=O) groups is 2. The van der Waals surface area contributed by atoms with E-state index in [-0.39, 0.29) is 26.4 Å². The maximum Gasteiger partial charge on any atom is 0.508 e. The number of amides is 1. The summed E-state index contributed by atoms with van der Waals surface area (Å²) in [4.78, 5) is 25.7. The van der Waals surface area contributed by atoms with E-state index in [1.54, 1.807) is 0 Å². The molecule has 0 spiro atoms. The van der Waals surface area contributed by atoms with Crippen LogP contribution in [0.25, 0.3) is 0 Å². The molecule has 3 rings (SSSR count). The van der Waals surface area contributed by atoms with Gasteiger partial charge in [-0.15, -0.1) is 6.58 Å². The molecule has 0 bridgehead atoms. The van der Waals surface area contributed by atoms with Crippen LogP contribution in [-0.4, -0.2) is 76.9 Å². The summed E-state index contributed by atoms with van der Waals surface area (Å²) in [6.45, 7) is 2.71. The van der Waals surface area contributed by atoms with Crippen molar-refractivity contribution in [2.75, 3.05) is 26.4 Å². The third-order valence-electron chi connectivity index (χ3n) is 5.94. The number of benzene rings is 2. The molecule has 0 saturated carbocycles. The Hall–Kier alpha value is -1.70. The van der Waals surface area contributed by atoms with Crippen molar-refractivity contribution >= 4 is 81.9 Å². The Bertz CT molecular complexity index is 1200. The Labute approximate surface area is 290 Å². The summed E-state index contributed by atoms with van der Waals surface area (Å²) in [6.07, 6.45) is -5.33. The highest BCUT2D eigenvalue weighted by molar-refractivity contribution is 6.68. The highest BCUT2D eigenvalue weighted by Crippen LogP contribution is 2.31. The molecular formula is C29H31Cl6NO9. The maximum absolute atomic E-state index is 12.9. The van der Waals surface area contributed by atoms with Gasteiger partial charge in [-0.1, -0.05) is 136 Å². The van der Waals surface area contributed by atoms with E-state index in [1.165, 1.54) is 6.08 Å². The van der Waals surface area contributed by atoms with Crippen molar-refractivity contribution in [1.82, 2.24) is 5.32 Å². The SMILES string of the molecule is C=CCO[C@H]1O[C@H](COCc2ccccc2)[C@@H](OCc2ccccc2)[C@H](OC(=O)OCC(Cl)(Cl)Cl)[C@H]1NC(=O)OCC(Cl)(Cl)Cl. The molecule has 5 atom stereocenters. The van der Waals surface area contributed by atoms with Gasteiger partial charge in [-0.2, -0.15) is 0 Å². The summed E-state index contributed by atoms with van der Waals surface area (Å²) >= 11 is 34.4. The van der Waals surface area contributed by atoms with E-state index in [1.807, 2.05) is 60.7 Å². The lowest BCUT2D eigenvalue weighted by Gasteiger charge is -2.45. The lowest BCUT2D eigenvalue weighted by atomic mass is 9.96. The first-order valence-electron chi connectivity index (χ1n) is 13.4. The maximum atomic E-state index is 12.9. The van der Waals surface area contributed by atoms with Crippen molar-refractivity contribution < 1.29 is 42.7 Å². The summed E-state index contributed by atoms with van der Waals surface area (Å²) in [5.74, 6) is 0. The first kappa shape index (κ1) is 37.8. The number of halogens is 6. The quantitative estimate of drug-likeness (QED) is 0.123. The fourth-order valence-electron chi connectivity index (χ4n) is 4.08. The molecule has 45 heavy (non-hydrogen) atoms. The Morgan fingerprint density at radius 3 is 1.98 bits per heavy atom. The summed E-state index contributed by atoms with van der Waals surface area (Å²) in [7, 11) is 0. The van der Waals surface area contributed by atoms with Gasteiger partial charge < -0.3 is 38.5 Å². The minimum atomic E-state index is -1.92. The molecule has 1 saturated heterocycles. The van der Waals surface area contributed by atoms with Crippen molar-refractivity contribution in [2.24, 2.45) is 0 Å². The van der Waals surface area contributed by atoms with E-state index >= 15 is 0 Å². The molecule has 0 unspecified atom stereocenters. The van der Waals surface area contributed by atoms with Crippen molar-refractivity contribution in [3.63, 3.8) is 0 Å². The smallest absolute Gasteiger partial charge is 0.445 e. The molecule has 248 valence electrons. The van der Waals surface area contributed by atoms with Gasteiger partial charge in [0.25, 0.3) is 0 Å². The topological polar surface area (TPSA) is 111 Å². The summed E-state index contributed by atoms with van der Waals surface area (Å²) < 4.78 is 36.3. The Morgan fingerprint density at radius 1 is 0.822 bits per heavy atom. The monoisotopic (exact) mass is 747 g/mol. The second-order valence-corrected chi connectivity index (χ2v) is 14.6. The van der Waals surface area contributed by atoms with E-state index in [4.69, 9.17) is 103 Å². The minimum absolute atomic E-state index is 0.0103. The highest BCUT2D eigenvalue weighted by Gasteiger charge is 2.51. The number of alkyl halides is 6. The normalized spacial score (nSPS) is 21.9. The van der Waals surface area contributed by atoms with E-state index in [2.05, 4.69) is 11.9 Å². The Kier molecular flexibility index (Phi) is 15.6. The van der Waals surface area contributed by atoms with Gasteiger partial charge in [0.2, 0.25) is 7.59 Å². The molecule has 0 aliphatic carbocycles. The molecule has 1 fully saturated rings. The van der Waals surface area contributed by atoms with Crippen LogP contribution in [-0.2, 0) is 46.4 Å². The van der Waals surface area contributed by atoms with Crippen LogP contribution in [0.5, 0.6) is 0 Å². The highest BCUT2D eigenvalue weighted by atomic mass is 35.6. The molecule has 0 radical (unpaired) electrons. The number of nitrogens with one attached hydrogen (secondary N) is 1. The third-order valence-corrected chi connectivity index (χ3v) is 6.60. The average Bonchev–Trinajstić information content (AvgIpc) is 2.99. The molecule has 1 heterocycles. The summed E-state index contributed by atoms with van der Waals surface area (Å²) in [6, 6.07) is 17.4. The fourth-order valence-corrected chi connectivity index (χ4v) is 4.41. The Morgan fingerprint density at radius 2 is 1.40 bits per heavy atom. The largest absolute Gasteiger partial charge is 0.508 e. The zero-order valence-corrected chi connectivity index (χ0v) is 28.2. The van der Waals surface area contributed by atoms with Crippen LogP contribution in [0, 0.1) is 0 Å². The zero-order valence-electron chi connectivity index (χ0n) is 23.6. The molecule has 16 heteroatoms. The summed E-state index contributed by atoms with van der Waals surface area (Å²) in [5.41, 5.74) is 1.71. The lowest BCUT2D eigenvalue weighted by molar-refractivity contribution is -0.280. The number of hydrogen-bond acceptors (Lipinski definition) is 9. The van der Waals surface area contributed by atoms with Crippen LogP contribution >= 0.6 is 69.6 Å². The van der Waals surface area contributed by atoms with Crippen LogP contribution in [0.3, 0.4) is 0 Å². The van der Waals surface area contributed by atoms with Crippen molar-refractivity contribution in [3.8, 4) is 0 Å². The van der Waals surface area contributed by atoms with Crippen molar-refractivity contribution in [2.45, 2.75) is 51.4 Å². The summed E-state index contributed by atoms with van der Waals surface area (Å²) in [5, 5.41) is 2.56. The molecule has 2 aromatic rings. The van der Waals surface area contributed by atoms with Crippen LogP contribution in [0.1, 0.15) is 11.1 Å². The first-order valence-corrected chi connectivity index (χ1v) is 15.7. The first-order chi connectivity index (χ1) is 21.3. The van der Waals surface area contributed by atoms with Gasteiger partial charge >= 0.3 is 12.2 Å². The van der Waals surface area contributed by atoms with Gasteiger partial charge in [0.15, 0.2) is 12.4 Å². The van der Waals surface area contributed by atoms with Crippen LogP contribution in [0.4, 0.5) is 9.59 Å². The number of rotatable bonds is 14. The molecule has 10 nitrogen and oxygen atoms in total. The minimum Gasteiger partial charge on any atom is -0.445 e. The number of carbonyl (C=O) groups excluding carboxylic acids is 2. The number of ether oxygens (including phenoxy) is 7. The van der Waals surface area contributed by atoms with Gasteiger partial charge in [0, 0.05) is 0 Å². The second kappa shape index (κ2) is 18.6. The van der Waals surface area contributed by atoms with Gasteiger partial charge in [0.1, 0.15) is 31.5 Å². The predicted octanol–water partition coefficient (Wildman–Crippen LogP) is 7.07. The van der Waals surface area contributed by atoms with Gasteiger partial charge in [-0.25, -0.2) is 9.59 Å². The van der Waals surface area contributed by atoms with Crippen LogP contribution in [0.2, 0.25) is 0 Å². The fraction of sp³-hybridized carbons (Fsp3) is 0.448. The zero-order chi connectivity index (χ0) is 32.9. The van der Waals surface area contributed by atoms with Gasteiger partial charge in [0.05, 0.1) is 26.4 Å². The molecule has 1 amide bonds. The molecule has 1 aliphatic rings. The number of alkyl carbamates (subject to hydrolysis) is 1. The molecule has 1 aliphatic heterocycles. The van der Waals surface area contributed by atoms with E-state index in [0.29, 0.717) is 0 Å². The molecule has 1 N–H and O–H groups in total.